The SMILES string of the molecule is N#Cc1ccc(COC[C@H]2C(c3ccccc3)C[C@@H](F)[C@@H]2C/C=C\CCCC(=O)O)cc1. The van der Waals surface area contributed by atoms with Gasteiger partial charge in [-0.3, -0.25) is 4.79 Å². The summed E-state index contributed by atoms with van der Waals surface area (Å²) in [4.78, 5) is 10.6. The van der Waals surface area contributed by atoms with Crippen LogP contribution in [0.1, 0.15) is 54.7 Å². The second-order valence-corrected chi connectivity index (χ2v) is 8.41. The van der Waals surface area contributed by atoms with Gasteiger partial charge in [0, 0.05) is 6.42 Å². The summed E-state index contributed by atoms with van der Waals surface area (Å²) in [5.41, 5.74) is 2.75. The zero-order chi connectivity index (χ0) is 22.8. The maximum Gasteiger partial charge on any atom is 0.303 e. The molecule has 32 heavy (non-hydrogen) atoms. The molecule has 0 aromatic heterocycles. The Kier molecular flexibility index (Phi) is 9.01. The van der Waals surface area contributed by atoms with Crippen LogP contribution >= 0.6 is 0 Å². The zero-order valence-corrected chi connectivity index (χ0v) is 18.2. The summed E-state index contributed by atoms with van der Waals surface area (Å²) in [7, 11) is 0. The van der Waals surface area contributed by atoms with E-state index in [2.05, 4.69) is 18.2 Å². The predicted octanol–water partition coefficient (Wildman–Crippen LogP) is 6.03. The molecule has 5 heteroatoms. The van der Waals surface area contributed by atoms with Gasteiger partial charge in [-0.05, 0) is 66.7 Å². The molecular weight excluding hydrogens is 405 g/mol. The number of allylic oxidation sites excluding steroid dienone is 2. The Morgan fingerprint density at radius 3 is 2.56 bits per heavy atom. The standard InChI is InChI=1S/C27H30FNO3/c28-26-16-24(22-8-4-3-5-9-22)25(23(26)10-6-1-2-7-11-27(30)31)19-32-18-21-14-12-20(17-29)13-15-21/h1,3-6,8-9,12-15,23-26H,2,7,10-11,16,18-19H2,(H,30,31)/b6-1-/t23-,24?,25-,26-/m1/s1. The number of rotatable bonds is 11. The summed E-state index contributed by atoms with van der Waals surface area (Å²) >= 11 is 0. The van der Waals surface area contributed by atoms with Gasteiger partial charge in [0.2, 0.25) is 0 Å². The molecule has 0 heterocycles. The number of nitrogens with zero attached hydrogens (tertiary/aromatic N) is 1. The van der Waals surface area contributed by atoms with Crippen LogP contribution in [-0.2, 0) is 16.1 Å². The minimum atomic E-state index is -0.896. The molecule has 1 N–H and O–H groups in total. The Morgan fingerprint density at radius 1 is 1.12 bits per heavy atom. The maximum atomic E-state index is 15.1. The average molecular weight is 436 g/mol. The first kappa shape index (κ1) is 23.7. The van der Waals surface area contributed by atoms with E-state index in [-0.39, 0.29) is 24.2 Å². The van der Waals surface area contributed by atoms with Gasteiger partial charge in [0.1, 0.15) is 6.17 Å². The van der Waals surface area contributed by atoms with Crippen LogP contribution in [0.5, 0.6) is 0 Å². The van der Waals surface area contributed by atoms with Crippen molar-refractivity contribution >= 4 is 5.97 Å². The fourth-order valence-electron chi connectivity index (χ4n) is 4.54. The van der Waals surface area contributed by atoms with E-state index in [4.69, 9.17) is 15.1 Å². The number of carboxylic acids is 1. The molecule has 0 saturated heterocycles. The number of hydrogen-bond donors (Lipinski definition) is 1. The monoisotopic (exact) mass is 435 g/mol. The molecule has 0 radical (unpaired) electrons. The summed E-state index contributed by atoms with van der Waals surface area (Å²) in [6.07, 6.45) is 5.64. The smallest absolute Gasteiger partial charge is 0.303 e. The number of ether oxygens (including phenoxy) is 1. The summed E-state index contributed by atoms with van der Waals surface area (Å²) in [6.45, 7) is 0.899. The van der Waals surface area contributed by atoms with Crippen LogP contribution in [-0.4, -0.2) is 23.9 Å². The number of carboxylic acid groups (broad SMARTS) is 1. The van der Waals surface area contributed by atoms with Crippen molar-refractivity contribution in [1.82, 2.24) is 0 Å². The van der Waals surface area contributed by atoms with Crippen molar-refractivity contribution in [3.63, 3.8) is 0 Å². The molecule has 0 aliphatic heterocycles. The molecule has 2 aromatic carbocycles. The highest BCUT2D eigenvalue weighted by Gasteiger charge is 2.43. The predicted molar refractivity (Wildman–Crippen MR) is 122 cm³/mol. The van der Waals surface area contributed by atoms with E-state index in [1.165, 1.54) is 0 Å². The molecule has 4 atom stereocenters. The molecule has 1 aliphatic rings. The van der Waals surface area contributed by atoms with Gasteiger partial charge in [-0.2, -0.15) is 5.26 Å². The zero-order valence-electron chi connectivity index (χ0n) is 18.2. The first-order valence-electron chi connectivity index (χ1n) is 11.2. The van der Waals surface area contributed by atoms with E-state index in [0.717, 1.165) is 11.1 Å². The highest BCUT2D eigenvalue weighted by atomic mass is 19.1. The maximum absolute atomic E-state index is 15.1. The summed E-state index contributed by atoms with van der Waals surface area (Å²) in [6, 6.07) is 19.5. The lowest BCUT2D eigenvalue weighted by Gasteiger charge is -2.25. The second-order valence-electron chi connectivity index (χ2n) is 8.41. The Labute approximate surface area is 189 Å². The first-order valence-corrected chi connectivity index (χ1v) is 11.2. The Balaban J connectivity index is 1.63. The third-order valence-electron chi connectivity index (χ3n) is 6.24. The molecule has 1 aliphatic carbocycles. The lowest BCUT2D eigenvalue weighted by molar-refractivity contribution is -0.137. The number of benzene rings is 2. The van der Waals surface area contributed by atoms with Gasteiger partial charge in [0.05, 0.1) is 24.8 Å². The molecule has 1 saturated carbocycles. The van der Waals surface area contributed by atoms with Crippen LogP contribution in [0, 0.1) is 23.2 Å². The van der Waals surface area contributed by atoms with Crippen molar-refractivity contribution in [2.45, 2.75) is 50.8 Å². The van der Waals surface area contributed by atoms with Crippen molar-refractivity contribution in [3.8, 4) is 6.07 Å². The molecular formula is C27H30FNO3. The van der Waals surface area contributed by atoms with Crippen molar-refractivity contribution in [3.05, 3.63) is 83.4 Å². The highest BCUT2D eigenvalue weighted by Crippen LogP contribution is 2.47. The quantitative estimate of drug-likeness (QED) is 0.345. The lowest BCUT2D eigenvalue weighted by Crippen LogP contribution is -2.22. The molecule has 0 amide bonds. The van der Waals surface area contributed by atoms with Crippen molar-refractivity contribution in [2.75, 3.05) is 6.61 Å². The molecule has 4 nitrogen and oxygen atoms in total. The largest absolute Gasteiger partial charge is 0.481 e. The molecule has 168 valence electrons. The van der Waals surface area contributed by atoms with Gasteiger partial charge in [0.15, 0.2) is 0 Å². The molecule has 2 aromatic rings. The first-order chi connectivity index (χ1) is 15.6. The lowest BCUT2D eigenvalue weighted by atomic mass is 9.84. The van der Waals surface area contributed by atoms with Crippen molar-refractivity contribution in [1.29, 1.82) is 5.26 Å². The van der Waals surface area contributed by atoms with E-state index in [0.29, 0.717) is 44.5 Å². The fourth-order valence-corrected chi connectivity index (χ4v) is 4.54. The fraction of sp³-hybridized carbons (Fsp3) is 0.407. The molecule has 1 unspecified atom stereocenters. The van der Waals surface area contributed by atoms with Crippen molar-refractivity contribution < 1.29 is 19.0 Å². The van der Waals surface area contributed by atoms with E-state index in [1.54, 1.807) is 12.1 Å². The van der Waals surface area contributed by atoms with Crippen LogP contribution in [0.4, 0.5) is 4.39 Å². The molecule has 3 rings (SSSR count). The number of nitriles is 1. The minimum absolute atomic E-state index is 0.0643. The summed E-state index contributed by atoms with van der Waals surface area (Å²) in [5, 5.41) is 17.7. The Morgan fingerprint density at radius 2 is 1.88 bits per heavy atom. The normalized spacial score (nSPS) is 22.8. The van der Waals surface area contributed by atoms with Crippen LogP contribution < -0.4 is 0 Å². The van der Waals surface area contributed by atoms with Gasteiger partial charge in [-0.15, -0.1) is 0 Å². The van der Waals surface area contributed by atoms with Gasteiger partial charge in [-0.1, -0.05) is 54.6 Å². The molecule has 0 spiro atoms. The Hall–Kier alpha value is -2.97. The van der Waals surface area contributed by atoms with Gasteiger partial charge in [0.25, 0.3) is 0 Å². The van der Waals surface area contributed by atoms with E-state index in [9.17, 15) is 4.79 Å². The highest BCUT2D eigenvalue weighted by molar-refractivity contribution is 5.66. The summed E-state index contributed by atoms with van der Waals surface area (Å²) in [5.74, 6) is -0.743. The second kappa shape index (κ2) is 12.2. The van der Waals surface area contributed by atoms with Crippen LogP contribution in [0.3, 0.4) is 0 Å². The number of hydrogen-bond acceptors (Lipinski definition) is 3. The van der Waals surface area contributed by atoms with Gasteiger partial charge in [-0.25, -0.2) is 4.39 Å². The van der Waals surface area contributed by atoms with E-state index in [1.807, 2.05) is 42.5 Å². The number of alkyl halides is 1. The van der Waals surface area contributed by atoms with E-state index < -0.39 is 12.1 Å². The van der Waals surface area contributed by atoms with Crippen molar-refractivity contribution in [2.24, 2.45) is 11.8 Å². The molecule has 1 fully saturated rings. The van der Waals surface area contributed by atoms with Gasteiger partial charge >= 0.3 is 5.97 Å². The third kappa shape index (κ3) is 6.77. The van der Waals surface area contributed by atoms with Crippen LogP contribution in [0.25, 0.3) is 0 Å². The number of halogens is 1. The van der Waals surface area contributed by atoms with Crippen LogP contribution in [0.2, 0.25) is 0 Å². The minimum Gasteiger partial charge on any atom is -0.481 e. The average Bonchev–Trinajstić information content (AvgIpc) is 3.12. The Bertz CT molecular complexity index is 920. The molecule has 0 bridgehead atoms. The van der Waals surface area contributed by atoms with Crippen LogP contribution in [0.15, 0.2) is 66.7 Å². The third-order valence-corrected chi connectivity index (χ3v) is 6.24. The van der Waals surface area contributed by atoms with Gasteiger partial charge < -0.3 is 9.84 Å². The van der Waals surface area contributed by atoms with E-state index >= 15 is 4.39 Å². The summed E-state index contributed by atoms with van der Waals surface area (Å²) < 4.78 is 21.1. The number of aliphatic carboxylic acids is 1. The topological polar surface area (TPSA) is 70.3 Å². The number of carbonyl (C=O) groups is 1. The number of unbranched alkanes of at least 4 members (excludes halogenated alkanes) is 1.